The molecule has 0 aromatic heterocycles. The van der Waals surface area contributed by atoms with Gasteiger partial charge in [0, 0.05) is 30.5 Å². The molecule has 1 aromatic rings. The lowest BCUT2D eigenvalue weighted by atomic mass is 10.1. The van der Waals surface area contributed by atoms with Crippen molar-refractivity contribution in [3.05, 3.63) is 29.8 Å². The van der Waals surface area contributed by atoms with Crippen molar-refractivity contribution < 1.29 is 14.1 Å². The topological polar surface area (TPSA) is 49.8 Å². The van der Waals surface area contributed by atoms with Crippen molar-refractivity contribution in [1.82, 2.24) is 4.90 Å². The highest BCUT2D eigenvalue weighted by Gasteiger charge is 2.19. The van der Waals surface area contributed by atoms with Crippen LogP contribution in [0.5, 0.6) is 0 Å². The summed E-state index contributed by atoms with van der Waals surface area (Å²) in [5, 5.41) is 0. The minimum absolute atomic E-state index is 0.319. The molecule has 0 radical (unpaired) electrons. The molecule has 0 saturated heterocycles. The van der Waals surface area contributed by atoms with Crippen molar-refractivity contribution in [2.24, 2.45) is 0 Å². The third-order valence-electron chi connectivity index (χ3n) is 2.44. The van der Waals surface area contributed by atoms with Crippen LogP contribution < -0.4 is 0 Å². The highest BCUT2D eigenvalue weighted by atomic mass is 32.2. The summed E-state index contributed by atoms with van der Waals surface area (Å²) in [7, 11) is 1.72. The van der Waals surface area contributed by atoms with Gasteiger partial charge in [0.2, 0.25) is 0 Å². The van der Waals surface area contributed by atoms with Gasteiger partial charge in [0.1, 0.15) is 5.60 Å². The number of carbonyl (C=O) groups is 1. The third-order valence-corrected chi connectivity index (χ3v) is 2.91. The lowest BCUT2D eigenvalue weighted by molar-refractivity contribution is 0.0301. The molecule has 106 valence electrons. The number of nitrogens with zero attached hydrogens (tertiary/aromatic N) is 1. The van der Waals surface area contributed by atoms with Gasteiger partial charge in [0.25, 0.3) is 0 Å². The van der Waals surface area contributed by atoms with Gasteiger partial charge in [-0.05, 0) is 44.9 Å². The highest BCUT2D eigenvalue weighted by molar-refractivity contribution is 7.93. The Morgan fingerprint density at radius 3 is 2.68 bits per heavy atom. The van der Waals surface area contributed by atoms with Gasteiger partial charge in [0.05, 0.1) is 0 Å². The molecular formula is C14H21NO3S. The van der Waals surface area contributed by atoms with E-state index in [4.69, 9.17) is 9.29 Å². The molecule has 1 aromatic carbocycles. The Balaban J connectivity index is 2.49. The maximum atomic E-state index is 11.8. The summed E-state index contributed by atoms with van der Waals surface area (Å²) in [6.45, 7) is 6.12. The van der Waals surface area contributed by atoms with Gasteiger partial charge in [-0.1, -0.05) is 12.1 Å². The quantitative estimate of drug-likeness (QED) is 0.857. The van der Waals surface area contributed by atoms with Crippen LogP contribution in [0, 0.1) is 0 Å². The van der Waals surface area contributed by atoms with Gasteiger partial charge in [-0.25, -0.2) is 4.79 Å². The molecule has 4 nitrogen and oxygen atoms in total. The minimum Gasteiger partial charge on any atom is -0.444 e. The van der Waals surface area contributed by atoms with Gasteiger partial charge in [-0.15, -0.1) is 0 Å². The lowest BCUT2D eigenvalue weighted by Crippen LogP contribution is -2.35. The predicted molar refractivity (Wildman–Crippen MR) is 77.5 cm³/mol. The number of likely N-dealkylation sites (N-methyl/N-ethyl adjacent to an activating group) is 1. The Hall–Kier alpha value is -1.20. The summed E-state index contributed by atoms with van der Waals surface area (Å²) in [5.41, 5.74) is 0.605. The molecule has 0 heterocycles. The second-order valence-corrected chi connectivity index (χ2v) is 6.04. The molecular weight excluding hydrogens is 262 g/mol. The molecule has 19 heavy (non-hydrogen) atoms. The zero-order valence-corrected chi connectivity index (χ0v) is 12.7. The smallest absolute Gasteiger partial charge is 0.410 e. The van der Waals surface area contributed by atoms with E-state index in [1.54, 1.807) is 11.9 Å². The molecule has 1 amide bonds. The highest BCUT2D eigenvalue weighted by Crippen LogP contribution is 2.16. The monoisotopic (exact) mass is 283 g/mol. The van der Waals surface area contributed by atoms with Crippen molar-refractivity contribution in [2.75, 3.05) is 13.6 Å². The Labute approximate surface area is 119 Å². The Kier molecular flexibility index (Phi) is 5.69. The fourth-order valence-corrected chi connectivity index (χ4v) is 1.83. The van der Waals surface area contributed by atoms with Crippen LogP contribution in [0.25, 0.3) is 0 Å². The first-order valence-electron chi connectivity index (χ1n) is 6.16. The molecule has 0 spiro atoms. The van der Waals surface area contributed by atoms with Crippen molar-refractivity contribution in [3.8, 4) is 0 Å². The van der Waals surface area contributed by atoms with E-state index >= 15 is 0 Å². The van der Waals surface area contributed by atoms with Gasteiger partial charge in [-0.3, -0.25) is 0 Å². The average molecular weight is 283 g/mol. The van der Waals surface area contributed by atoms with E-state index in [1.807, 2.05) is 45.0 Å². The van der Waals surface area contributed by atoms with Crippen molar-refractivity contribution in [1.29, 1.82) is 0 Å². The summed E-state index contributed by atoms with van der Waals surface area (Å²) in [4.78, 5) is 14.1. The molecule has 0 aliphatic rings. The van der Waals surface area contributed by atoms with E-state index < -0.39 is 5.60 Å². The molecule has 0 bridgehead atoms. The van der Waals surface area contributed by atoms with Crippen LogP contribution in [-0.4, -0.2) is 34.7 Å². The number of carbonyl (C=O) groups excluding carboxylic acids is 1. The summed E-state index contributed by atoms with van der Waals surface area (Å²) < 4.78 is 14.3. The van der Waals surface area contributed by atoms with Gasteiger partial charge >= 0.3 is 6.09 Å². The largest absolute Gasteiger partial charge is 0.444 e. The van der Waals surface area contributed by atoms with Crippen molar-refractivity contribution in [3.63, 3.8) is 0 Å². The summed E-state index contributed by atoms with van der Waals surface area (Å²) in [6, 6.07) is 7.61. The summed E-state index contributed by atoms with van der Waals surface area (Å²) in [5.74, 6) is 0. The van der Waals surface area contributed by atoms with Crippen LogP contribution in [-0.2, 0) is 11.2 Å². The van der Waals surface area contributed by atoms with Crippen molar-refractivity contribution in [2.45, 2.75) is 37.7 Å². The first kappa shape index (κ1) is 15.9. The summed E-state index contributed by atoms with van der Waals surface area (Å²) in [6.07, 6.45) is 0.407. The molecule has 1 N–H and O–H groups in total. The fraction of sp³-hybridized carbons (Fsp3) is 0.500. The Morgan fingerprint density at radius 2 is 2.11 bits per heavy atom. The molecule has 0 fully saturated rings. The molecule has 1 rings (SSSR count). The number of hydrogen-bond donors (Lipinski definition) is 1. The SMILES string of the molecule is CN(CCc1cccc(SO)c1)C(=O)OC(C)(C)C. The number of benzene rings is 1. The first-order valence-corrected chi connectivity index (χ1v) is 6.93. The number of hydrogen-bond acceptors (Lipinski definition) is 4. The van der Waals surface area contributed by atoms with Crippen LogP contribution in [0.4, 0.5) is 4.79 Å². The van der Waals surface area contributed by atoms with Crippen LogP contribution in [0.15, 0.2) is 29.2 Å². The van der Waals surface area contributed by atoms with Crippen LogP contribution in [0.1, 0.15) is 26.3 Å². The Morgan fingerprint density at radius 1 is 1.42 bits per heavy atom. The van der Waals surface area contributed by atoms with E-state index in [2.05, 4.69) is 0 Å². The fourth-order valence-electron chi connectivity index (χ4n) is 1.49. The average Bonchev–Trinajstić information content (AvgIpc) is 2.34. The van der Waals surface area contributed by atoms with Gasteiger partial charge in [0.15, 0.2) is 0 Å². The van der Waals surface area contributed by atoms with Gasteiger partial charge < -0.3 is 14.2 Å². The Bertz CT molecular complexity index is 429. The molecule has 0 unspecified atom stereocenters. The molecule has 0 atom stereocenters. The van der Waals surface area contributed by atoms with Crippen molar-refractivity contribution >= 4 is 18.1 Å². The van der Waals surface area contributed by atoms with Crippen LogP contribution >= 0.6 is 12.0 Å². The normalized spacial score (nSPS) is 11.2. The molecule has 0 aliphatic heterocycles. The minimum atomic E-state index is -0.473. The molecule has 0 saturated carbocycles. The van der Waals surface area contributed by atoms with E-state index in [0.717, 1.165) is 28.9 Å². The number of ether oxygens (including phenoxy) is 1. The third kappa shape index (κ3) is 5.98. The van der Waals surface area contributed by atoms with Gasteiger partial charge in [-0.2, -0.15) is 0 Å². The zero-order chi connectivity index (χ0) is 14.5. The second-order valence-electron chi connectivity index (χ2n) is 5.39. The van der Waals surface area contributed by atoms with E-state index in [0.29, 0.717) is 6.54 Å². The van der Waals surface area contributed by atoms with Crippen LogP contribution in [0.3, 0.4) is 0 Å². The maximum Gasteiger partial charge on any atom is 0.410 e. The lowest BCUT2D eigenvalue weighted by Gasteiger charge is -2.24. The first-order chi connectivity index (χ1) is 8.81. The number of amides is 1. The van der Waals surface area contributed by atoms with E-state index in [-0.39, 0.29) is 6.09 Å². The number of rotatable bonds is 4. The molecule has 5 heteroatoms. The second kappa shape index (κ2) is 6.82. The molecule has 0 aliphatic carbocycles. The maximum absolute atomic E-state index is 11.8. The standard InChI is InChI=1S/C14H21NO3S/c1-14(2,3)18-13(16)15(4)9-8-11-6-5-7-12(10-11)19-17/h5-7,10,17H,8-9H2,1-4H3. The predicted octanol–water partition coefficient (Wildman–Crippen LogP) is 3.66. The van der Waals surface area contributed by atoms with E-state index in [9.17, 15) is 4.79 Å². The van der Waals surface area contributed by atoms with Crippen LogP contribution in [0.2, 0.25) is 0 Å². The van der Waals surface area contributed by atoms with E-state index in [1.165, 1.54) is 0 Å². The summed E-state index contributed by atoms with van der Waals surface area (Å²) >= 11 is 0.726. The zero-order valence-electron chi connectivity index (χ0n) is 11.8.